The number of halogens is 1. The number of carbonyl (C=O) groups excluding carboxylic acids is 1. The van der Waals surface area contributed by atoms with Crippen LogP contribution >= 0.6 is 11.6 Å². The van der Waals surface area contributed by atoms with Crippen LogP contribution in [-0.4, -0.2) is 26.8 Å². The Hall–Kier alpha value is -2.70. The predicted molar refractivity (Wildman–Crippen MR) is 109 cm³/mol. The molecule has 1 heterocycles. The molecule has 0 aliphatic rings. The van der Waals surface area contributed by atoms with Gasteiger partial charge in [0, 0.05) is 6.54 Å². The molecule has 0 saturated carbocycles. The zero-order valence-electron chi connectivity index (χ0n) is 16.1. The van der Waals surface area contributed by atoms with Gasteiger partial charge in [-0.2, -0.15) is 0 Å². The molecule has 0 aliphatic heterocycles. The smallest absolute Gasteiger partial charge is 0.291 e. The second-order valence-electron chi connectivity index (χ2n) is 6.70. The van der Waals surface area contributed by atoms with Crippen molar-refractivity contribution in [2.45, 2.75) is 40.0 Å². The molecule has 1 amide bonds. The number of aryl methyl sites for hydroxylation is 1. The summed E-state index contributed by atoms with van der Waals surface area (Å²) in [7, 11) is 0. The number of aromatic nitrogens is 3. The molecule has 0 spiro atoms. The van der Waals surface area contributed by atoms with Gasteiger partial charge in [-0.3, -0.25) is 4.79 Å². The van der Waals surface area contributed by atoms with Crippen molar-refractivity contribution in [3.8, 4) is 5.69 Å². The lowest BCUT2D eigenvalue weighted by atomic mass is 10.1. The van der Waals surface area contributed by atoms with E-state index in [-0.39, 0.29) is 17.8 Å². The summed E-state index contributed by atoms with van der Waals surface area (Å²) in [5, 5.41) is 7.70. The number of hydrogen-bond acceptors (Lipinski definition) is 4. The molecule has 3 aromatic rings. The van der Waals surface area contributed by atoms with E-state index in [9.17, 15) is 4.79 Å². The number of hydrogen-bond donors (Lipinski definition) is 1. The standard InChI is InChI=1S/C21H23ClN4O2/c1-14(2)28-13-17-10-8-16(9-11-17)12-23-21(27)20-24-15(3)26(25-20)19-7-5-4-6-18(19)22/h4-11,14H,12-13H2,1-3H3,(H,23,27). The first-order chi connectivity index (χ1) is 13.4. The first kappa shape index (κ1) is 20.0. The molecule has 3 rings (SSSR count). The Labute approximate surface area is 169 Å². The highest BCUT2D eigenvalue weighted by Gasteiger charge is 2.16. The van der Waals surface area contributed by atoms with E-state index in [4.69, 9.17) is 16.3 Å². The second-order valence-corrected chi connectivity index (χ2v) is 7.11. The van der Waals surface area contributed by atoms with Crippen molar-refractivity contribution in [3.05, 3.63) is 76.3 Å². The van der Waals surface area contributed by atoms with Gasteiger partial charge in [0.1, 0.15) is 5.82 Å². The number of ether oxygens (including phenoxy) is 1. The van der Waals surface area contributed by atoms with Gasteiger partial charge in [-0.1, -0.05) is 48.0 Å². The molecule has 2 aromatic carbocycles. The van der Waals surface area contributed by atoms with Gasteiger partial charge in [0.2, 0.25) is 5.82 Å². The maximum absolute atomic E-state index is 12.4. The molecule has 28 heavy (non-hydrogen) atoms. The Morgan fingerprint density at radius 3 is 2.50 bits per heavy atom. The summed E-state index contributed by atoms with van der Waals surface area (Å²) in [5.41, 5.74) is 2.77. The molecule has 1 aromatic heterocycles. The molecule has 146 valence electrons. The fraction of sp³-hybridized carbons (Fsp3) is 0.286. The topological polar surface area (TPSA) is 69.0 Å². The average Bonchev–Trinajstić information content (AvgIpc) is 3.07. The Kier molecular flexibility index (Phi) is 6.44. The molecule has 0 bridgehead atoms. The Balaban J connectivity index is 1.63. The monoisotopic (exact) mass is 398 g/mol. The lowest BCUT2D eigenvalue weighted by Crippen LogP contribution is -2.24. The van der Waals surface area contributed by atoms with E-state index in [1.807, 2.05) is 56.3 Å². The zero-order valence-corrected chi connectivity index (χ0v) is 16.9. The lowest BCUT2D eigenvalue weighted by molar-refractivity contribution is 0.0657. The summed E-state index contributed by atoms with van der Waals surface area (Å²) < 4.78 is 7.15. The van der Waals surface area contributed by atoms with E-state index in [0.717, 1.165) is 11.1 Å². The number of amides is 1. The molecular formula is C21H23ClN4O2. The van der Waals surface area contributed by atoms with Gasteiger partial charge in [-0.05, 0) is 44.0 Å². The quantitative estimate of drug-likeness (QED) is 0.651. The van der Waals surface area contributed by atoms with Crippen molar-refractivity contribution in [1.29, 1.82) is 0 Å². The Bertz CT molecular complexity index is 951. The highest BCUT2D eigenvalue weighted by Crippen LogP contribution is 2.20. The van der Waals surface area contributed by atoms with Crippen LogP contribution in [0.25, 0.3) is 5.69 Å². The minimum Gasteiger partial charge on any atom is -0.374 e. The van der Waals surface area contributed by atoms with Gasteiger partial charge >= 0.3 is 0 Å². The first-order valence-electron chi connectivity index (χ1n) is 9.10. The summed E-state index contributed by atoms with van der Waals surface area (Å²) in [6.07, 6.45) is 0.195. The molecule has 0 aliphatic carbocycles. The number of nitrogens with one attached hydrogen (secondary N) is 1. The van der Waals surface area contributed by atoms with Crippen molar-refractivity contribution in [2.24, 2.45) is 0 Å². The molecule has 1 N–H and O–H groups in total. The van der Waals surface area contributed by atoms with E-state index < -0.39 is 0 Å². The fourth-order valence-electron chi connectivity index (χ4n) is 2.62. The van der Waals surface area contributed by atoms with Crippen molar-refractivity contribution >= 4 is 17.5 Å². The van der Waals surface area contributed by atoms with Crippen LogP contribution in [-0.2, 0) is 17.9 Å². The third kappa shape index (κ3) is 4.97. The van der Waals surface area contributed by atoms with E-state index in [1.54, 1.807) is 17.7 Å². The van der Waals surface area contributed by atoms with Crippen LogP contribution in [0.2, 0.25) is 5.02 Å². The minimum absolute atomic E-state index is 0.111. The third-order valence-corrected chi connectivity index (χ3v) is 4.43. The maximum atomic E-state index is 12.4. The van der Waals surface area contributed by atoms with Crippen LogP contribution in [0.15, 0.2) is 48.5 Å². The molecule has 0 atom stereocenters. The fourth-order valence-corrected chi connectivity index (χ4v) is 2.83. The molecule has 0 radical (unpaired) electrons. The highest BCUT2D eigenvalue weighted by molar-refractivity contribution is 6.32. The molecule has 6 nitrogen and oxygen atoms in total. The van der Waals surface area contributed by atoms with Crippen molar-refractivity contribution < 1.29 is 9.53 Å². The molecule has 0 unspecified atom stereocenters. The summed E-state index contributed by atoms with van der Waals surface area (Å²) in [5.74, 6) is 0.369. The van der Waals surface area contributed by atoms with E-state index in [0.29, 0.717) is 29.7 Å². The van der Waals surface area contributed by atoms with Crippen LogP contribution < -0.4 is 5.32 Å². The first-order valence-corrected chi connectivity index (χ1v) is 9.48. The second kappa shape index (κ2) is 8.99. The normalized spacial score (nSPS) is 11.0. The number of benzene rings is 2. The van der Waals surface area contributed by atoms with Crippen molar-refractivity contribution in [2.75, 3.05) is 0 Å². The Morgan fingerprint density at radius 2 is 1.82 bits per heavy atom. The number of nitrogens with zero attached hydrogens (tertiary/aromatic N) is 3. The molecular weight excluding hydrogens is 376 g/mol. The Morgan fingerprint density at radius 1 is 1.14 bits per heavy atom. The van der Waals surface area contributed by atoms with Crippen LogP contribution in [0.1, 0.15) is 41.4 Å². The zero-order chi connectivity index (χ0) is 20.1. The van der Waals surface area contributed by atoms with Gasteiger partial charge in [-0.25, -0.2) is 9.67 Å². The minimum atomic E-state index is -0.332. The van der Waals surface area contributed by atoms with Gasteiger partial charge in [-0.15, -0.1) is 5.10 Å². The van der Waals surface area contributed by atoms with E-state index >= 15 is 0 Å². The third-order valence-electron chi connectivity index (χ3n) is 4.11. The van der Waals surface area contributed by atoms with Gasteiger partial charge in [0.25, 0.3) is 5.91 Å². The van der Waals surface area contributed by atoms with Crippen LogP contribution in [0.5, 0.6) is 0 Å². The highest BCUT2D eigenvalue weighted by atomic mass is 35.5. The van der Waals surface area contributed by atoms with E-state index in [2.05, 4.69) is 15.4 Å². The van der Waals surface area contributed by atoms with Crippen molar-refractivity contribution in [3.63, 3.8) is 0 Å². The summed E-state index contributed by atoms with van der Waals surface area (Å²) in [4.78, 5) is 16.7. The number of carbonyl (C=O) groups is 1. The lowest BCUT2D eigenvalue weighted by Gasteiger charge is -2.08. The van der Waals surface area contributed by atoms with Crippen LogP contribution in [0, 0.1) is 6.92 Å². The summed E-state index contributed by atoms with van der Waals surface area (Å²) in [6.45, 7) is 6.77. The van der Waals surface area contributed by atoms with Crippen LogP contribution in [0.3, 0.4) is 0 Å². The SMILES string of the molecule is Cc1nc(C(=O)NCc2ccc(COC(C)C)cc2)nn1-c1ccccc1Cl. The number of rotatable bonds is 7. The molecule has 0 fully saturated rings. The van der Waals surface area contributed by atoms with Gasteiger partial charge < -0.3 is 10.1 Å². The van der Waals surface area contributed by atoms with Crippen LogP contribution in [0.4, 0.5) is 0 Å². The number of para-hydroxylation sites is 1. The van der Waals surface area contributed by atoms with Crippen molar-refractivity contribution in [1.82, 2.24) is 20.1 Å². The van der Waals surface area contributed by atoms with E-state index in [1.165, 1.54) is 0 Å². The summed E-state index contributed by atoms with van der Waals surface area (Å²) >= 11 is 6.22. The maximum Gasteiger partial charge on any atom is 0.291 e. The van der Waals surface area contributed by atoms with Gasteiger partial charge in [0.05, 0.1) is 23.4 Å². The molecule has 7 heteroatoms. The molecule has 0 saturated heterocycles. The predicted octanol–water partition coefficient (Wildman–Crippen LogP) is 4.08. The average molecular weight is 399 g/mol. The summed E-state index contributed by atoms with van der Waals surface area (Å²) in [6, 6.07) is 15.2. The largest absolute Gasteiger partial charge is 0.374 e. The van der Waals surface area contributed by atoms with Gasteiger partial charge in [0.15, 0.2) is 0 Å².